The van der Waals surface area contributed by atoms with Crippen molar-refractivity contribution >= 4 is 9.76 Å². The van der Waals surface area contributed by atoms with Gasteiger partial charge in [0, 0.05) is 19.3 Å². The molecule has 2 radical (unpaired) electrons. The van der Waals surface area contributed by atoms with Crippen molar-refractivity contribution in [3.63, 3.8) is 0 Å². The number of hydrogen-bond donors (Lipinski definition) is 0. The van der Waals surface area contributed by atoms with Gasteiger partial charge in [0.05, 0.1) is 0 Å². The molecule has 0 N–H and O–H groups in total. The number of aryl methyl sites for hydroxylation is 1. The van der Waals surface area contributed by atoms with Crippen molar-refractivity contribution in [3.8, 4) is 0 Å². The van der Waals surface area contributed by atoms with E-state index < -0.39 is 18.1 Å². The number of hydrogen-bond acceptors (Lipinski definition) is 3. The highest BCUT2D eigenvalue weighted by Crippen LogP contribution is 2.13. The molecular formula is C16H24F2O3Si. The summed E-state index contributed by atoms with van der Waals surface area (Å²) in [5.41, 5.74) is 0.577. The minimum absolute atomic E-state index is 0.332. The molecule has 0 aliphatic carbocycles. The van der Waals surface area contributed by atoms with Gasteiger partial charge in [0.2, 0.25) is 9.76 Å². The van der Waals surface area contributed by atoms with E-state index in [-0.39, 0.29) is 0 Å². The maximum Gasteiger partial charge on any atom is 0.261 e. The van der Waals surface area contributed by atoms with Crippen molar-refractivity contribution in [1.82, 2.24) is 0 Å². The first-order valence-corrected chi connectivity index (χ1v) is 8.84. The summed E-state index contributed by atoms with van der Waals surface area (Å²) in [6.07, 6.45) is 3.51. The van der Waals surface area contributed by atoms with Gasteiger partial charge in [-0.2, -0.15) is 0 Å². The highest BCUT2D eigenvalue weighted by molar-refractivity contribution is 6.27. The minimum atomic E-state index is -0.568. The zero-order valence-corrected chi connectivity index (χ0v) is 14.2. The van der Waals surface area contributed by atoms with E-state index in [4.69, 9.17) is 13.9 Å². The minimum Gasteiger partial charge on any atom is -0.372 e. The molecule has 6 heteroatoms. The Hall–Kier alpha value is -0.823. The van der Waals surface area contributed by atoms with Crippen molar-refractivity contribution in [2.75, 3.05) is 13.2 Å². The first kappa shape index (κ1) is 19.2. The average molecular weight is 330 g/mol. The Balaban J connectivity index is 2.08. The van der Waals surface area contributed by atoms with Gasteiger partial charge in [0.1, 0.15) is 11.6 Å². The third-order valence-electron chi connectivity index (χ3n) is 3.03. The molecule has 1 aromatic carbocycles. The normalized spacial score (nSPS) is 11.3. The number of rotatable bonds is 12. The molecule has 1 rings (SSSR count). The summed E-state index contributed by atoms with van der Waals surface area (Å²) in [6.45, 7) is 4.33. The standard InChI is InChI=1S/C16H24F2O3Si/c1-3-19-16(20-4-2)21-22-11-7-5-6-8-13-9-10-14(17)12-15(13)18/h9-10,12,16H,3-8,11H2,1-2H3. The molecule has 0 unspecified atom stereocenters. The van der Waals surface area contributed by atoms with Gasteiger partial charge < -0.3 is 13.9 Å². The Morgan fingerprint density at radius 3 is 2.41 bits per heavy atom. The van der Waals surface area contributed by atoms with E-state index in [2.05, 4.69) is 0 Å². The third kappa shape index (κ3) is 7.98. The number of benzene rings is 1. The van der Waals surface area contributed by atoms with Gasteiger partial charge in [0.25, 0.3) is 6.48 Å². The molecule has 0 spiro atoms. The molecule has 0 atom stereocenters. The lowest BCUT2D eigenvalue weighted by Gasteiger charge is -2.16. The lowest BCUT2D eigenvalue weighted by atomic mass is 10.1. The molecular weight excluding hydrogens is 306 g/mol. The Morgan fingerprint density at radius 2 is 1.77 bits per heavy atom. The van der Waals surface area contributed by atoms with Crippen LogP contribution in [0.5, 0.6) is 0 Å². The summed E-state index contributed by atoms with van der Waals surface area (Å²) in [7, 11) is 0.332. The molecule has 0 bridgehead atoms. The summed E-state index contributed by atoms with van der Waals surface area (Å²) in [4.78, 5) is 0. The van der Waals surface area contributed by atoms with Gasteiger partial charge >= 0.3 is 0 Å². The smallest absolute Gasteiger partial charge is 0.261 e. The molecule has 0 saturated heterocycles. The highest BCUT2D eigenvalue weighted by atomic mass is 28.2. The lowest BCUT2D eigenvalue weighted by Crippen LogP contribution is -2.22. The van der Waals surface area contributed by atoms with Gasteiger partial charge in [-0.05, 0) is 44.4 Å². The van der Waals surface area contributed by atoms with Crippen LogP contribution in [0.25, 0.3) is 0 Å². The molecule has 1 aromatic rings. The topological polar surface area (TPSA) is 27.7 Å². The highest BCUT2D eigenvalue weighted by Gasteiger charge is 2.08. The van der Waals surface area contributed by atoms with Crippen LogP contribution in [0.1, 0.15) is 38.7 Å². The Labute approximate surface area is 133 Å². The maximum atomic E-state index is 13.4. The largest absolute Gasteiger partial charge is 0.372 e. The molecule has 0 aliphatic rings. The Bertz CT molecular complexity index is 412. The van der Waals surface area contributed by atoms with E-state index >= 15 is 0 Å². The van der Waals surface area contributed by atoms with Gasteiger partial charge in [-0.1, -0.05) is 18.9 Å². The monoisotopic (exact) mass is 330 g/mol. The van der Waals surface area contributed by atoms with Crippen LogP contribution in [-0.2, 0) is 20.3 Å². The van der Waals surface area contributed by atoms with Crippen LogP contribution in [0.2, 0.25) is 6.04 Å². The van der Waals surface area contributed by atoms with Crippen molar-refractivity contribution in [3.05, 3.63) is 35.4 Å². The van der Waals surface area contributed by atoms with E-state index in [0.717, 1.165) is 31.4 Å². The Morgan fingerprint density at radius 1 is 1.05 bits per heavy atom. The van der Waals surface area contributed by atoms with Crippen molar-refractivity contribution in [2.24, 2.45) is 0 Å². The maximum absolute atomic E-state index is 13.4. The second-order valence-electron chi connectivity index (χ2n) is 4.76. The SMILES string of the molecule is CCOC(OCC)O[Si]CCCCCc1ccc(F)cc1F. The van der Waals surface area contributed by atoms with E-state index in [1.807, 2.05) is 13.8 Å². The van der Waals surface area contributed by atoms with Crippen LogP contribution in [0.3, 0.4) is 0 Å². The second kappa shape index (κ2) is 11.7. The van der Waals surface area contributed by atoms with Gasteiger partial charge in [-0.25, -0.2) is 8.78 Å². The van der Waals surface area contributed by atoms with E-state index in [1.165, 1.54) is 12.1 Å². The molecule has 0 amide bonds. The predicted molar refractivity (Wildman–Crippen MR) is 82.6 cm³/mol. The van der Waals surface area contributed by atoms with Gasteiger partial charge in [-0.15, -0.1) is 0 Å². The van der Waals surface area contributed by atoms with E-state index in [9.17, 15) is 8.78 Å². The van der Waals surface area contributed by atoms with E-state index in [1.54, 1.807) is 0 Å². The summed E-state index contributed by atoms with van der Waals surface area (Å²) in [5, 5.41) is 0. The van der Waals surface area contributed by atoms with Gasteiger partial charge in [0.15, 0.2) is 0 Å². The van der Waals surface area contributed by atoms with Crippen LogP contribution in [0.4, 0.5) is 8.78 Å². The zero-order chi connectivity index (χ0) is 16.2. The first-order chi connectivity index (χ1) is 10.7. The van der Waals surface area contributed by atoms with Crippen LogP contribution in [0, 0.1) is 11.6 Å². The van der Waals surface area contributed by atoms with E-state index in [0.29, 0.717) is 35.0 Å². The fourth-order valence-electron chi connectivity index (χ4n) is 1.93. The third-order valence-corrected chi connectivity index (χ3v) is 3.94. The summed E-state index contributed by atoms with van der Waals surface area (Å²) >= 11 is 0. The molecule has 0 aliphatic heterocycles. The van der Waals surface area contributed by atoms with Crippen molar-refractivity contribution in [1.29, 1.82) is 0 Å². The lowest BCUT2D eigenvalue weighted by molar-refractivity contribution is -0.243. The van der Waals surface area contributed by atoms with Gasteiger partial charge in [-0.3, -0.25) is 0 Å². The average Bonchev–Trinajstić information content (AvgIpc) is 2.48. The fraction of sp³-hybridized carbons (Fsp3) is 0.625. The molecule has 3 nitrogen and oxygen atoms in total. The molecule has 0 heterocycles. The summed E-state index contributed by atoms with van der Waals surface area (Å²) in [6, 6.07) is 4.69. The number of ether oxygens (including phenoxy) is 2. The number of unbranched alkanes of at least 4 members (excludes halogenated alkanes) is 2. The number of halogens is 2. The molecule has 0 fully saturated rings. The predicted octanol–water partition coefficient (Wildman–Crippen LogP) is 4.09. The second-order valence-corrected chi connectivity index (χ2v) is 5.78. The van der Waals surface area contributed by atoms with Crippen LogP contribution in [-0.4, -0.2) is 29.5 Å². The van der Waals surface area contributed by atoms with Crippen molar-refractivity contribution < 1.29 is 22.7 Å². The van der Waals surface area contributed by atoms with Crippen LogP contribution < -0.4 is 0 Å². The molecule has 0 aromatic heterocycles. The van der Waals surface area contributed by atoms with Crippen LogP contribution in [0.15, 0.2) is 18.2 Å². The molecule has 0 saturated carbocycles. The molecule has 22 heavy (non-hydrogen) atoms. The Kier molecular flexibility index (Phi) is 10.2. The summed E-state index contributed by atoms with van der Waals surface area (Å²) < 4.78 is 42.3. The fourth-order valence-corrected chi connectivity index (χ4v) is 2.71. The summed E-state index contributed by atoms with van der Waals surface area (Å²) in [5.74, 6) is -0.987. The quantitative estimate of drug-likeness (QED) is 0.328. The zero-order valence-electron chi connectivity index (χ0n) is 13.2. The van der Waals surface area contributed by atoms with Crippen molar-refractivity contribution in [2.45, 2.75) is 52.1 Å². The molecule has 124 valence electrons. The van der Waals surface area contributed by atoms with Crippen LogP contribution >= 0.6 is 0 Å². The first-order valence-electron chi connectivity index (χ1n) is 7.73.